The lowest BCUT2D eigenvalue weighted by Gasteiger charge is -2.39. The third-order valence-electron chi connectivity index (χ3n) is 2.96. The monoisotopic (exact) mass is 284 g/mol. The van der Waals surface area contributed by atoms with Crippen LogP contribution in [-0.4, -0.2) is 22.1 Å². The van der Waals surface area contributed by atoms with Crippen LogP contribution in [-0.2, 0) is 0 Å². The summed E-state index contributed by atoms with van der Waals surface area (Å²) in [7, 11) is 0. The van der Waals surface area contributed by atoms with Gasteiger partial charge in [0.15, 0.2) is 0 Å². The second-order valence-electron chi connectivity index (χ2n) is 4.46. The average Bonchev–Trinajstić information content (AvgIpc) is 2.21. The van der Waals surface area contributed by atoms with Gasteiger partial charge in [0.25, 0.3) is 0 Å². The van der Waals surface area contributed by atoms with Crippen molar-refractivity contribution in [3.63, 3.8) is 0 Å². The summed E-state index contributed by atoms with van der Waals surface area (Å²) in [6.45, 7) is 5.10. The van der Waals surface area contributed by atoms with E-state index in [2.05, 4.69) is 43.5 Å². The van der Waals surface area contributed by atoms with E-state index in [4.69, 9.17) is 0 Å². The molecule has 4 nitrogen and oxygen atoms in total. The third-order valence-corrected chi connectivity index (χ3v) is 3.54. The van der Waals surface area contributed by atoms with E-state index in [1.807, 2.05) is 6.92 Å². The zero-order valence-corrected chi connectivity index (χ0v) is 11.3. The molecule has 88 valence electrons. The molecule has 1 aromatic heterocycles. The second kappa shape index (κ2) is 4.57. The third kappa shape index (κ3) is 2.45. The van der Waals surface area contributed by atoms with Crippen molar-refractivity contribution < 1.29 is 0 Å². The fourth-order valence-electron chi connectivity index (χ4n) is 1.82. The first-order valence-corrected chi connectivity index (χ1v) is 6.47. The Morgan fingerprint density at radius 2 is 2.25 bits per heavy atom. The summed E-state index contributed by atoms with van der Waals surface area (Å²) in [5.41, 5.74) is 0.209. The summed E-state index contributed by atoms with van der Waals surface area (Å²) in [6.07, 6.45) is 5.50. The lowest BCUT2D eigenvalue weighted by atomic mass is 9.78. The molecule has 0 unspecified atom stereocenters. The molecular weight excluding hydrogens is 268 g/mol. The van der Waals surface area contributed by atoms with Crippen molar-refractivity contribution in [1.82, 2.24) is 9.97 Å². The van der Waals surface area contributed by atoms with Crippen molar-refractivity contribution in [3.05, 3.63) is 10.7 Å². The number of aromatic nitrogens is 2. The highest BCUT2D eigenvalue weighted by atomic mass is 79.9. The van der Waals surface area contributed by atoms with Crippen molar-refractivity contribution in [3.8, 4) is 0 Å². The fourth-order valence-corrected chi connectivity index (χ4v) is 2.11. The molecule has 0 saturated heterocycles. The lowest BCUT2D eigenvalue weighted by molar-refractivity contribution is 0.305. The number of anilines is 2. The molecule has 1 aromatic rings. The van der Waals surface area contributed by atoms with Crippen LogP contribution >= 0.6 is 15.9 Å². The topological polar surface area (TPSA) is 49.8 Å². The number of halogens is 1. The summed E-state index contributed by atoms with van der Waals surface area (Å²) in [4.78, 5) is 8.64. The van der Waals surface area contributed by atoms with Crippen LogP contribution in [0, 0.1) is 0 Å². The molecule has 0 amide bonds. The van der Waals surface area contributed by atoms with Crippen LogP contribution in [0.1, 0.15) is 33.1 Å². The molecule has 1 saturated carbocycles. The van der Waals surface area contributed by atoms with E-state index in [9.17, 15) is 0 Å². The minimum absolute atomic E-state index is 0.209. The van der Waals surface area contributed by atoms with E-state index in [0.29, 0.717) is 5.95 Å². The van der Waals surface area contributed by atoms with Crippen LogP contribution in [0.5, 0.6) is 0 Å². The van der Waals surface area contributed by atoms with Gasteiger partial charge in [-0.15, -0.1) is 0 Å². The summed E-state index contributed by atoms with van der Waals surface area (Å²) in [5.74, 6) is 1.56. The quantitative estimate of drug-likeness (QED) is 0.892. The first-order chi connectivity index (χ1) is 7.63. The zero-order valence-electron chi connectivity index (χ0n) is 9.68. The van der Waals surface area contributed by atoms with Crippen molar-refractivity contribution in [2.45, 2.75) is 38.6 Å². The van der Waals surface area contributed by atoms with Crippen molar-refractivity contribution in [2.24, 2.45) is 0 Å². The maximum Gasteiger partial charge on any atom is 0.224 e. The van der Waals surface area contributed by atoms with Gasteiger partial charge in [-0.2, -0.15) is 4.98 Å². The number of nitrogens with zero attached hydrogens (tertiary/aromatic N) is 2. The molecule has 5 heteroatoms. The molecule has 2 rings (SSSR count). The Morgan fingerprint density at radius 3 is 2.81 bits per heavy atom. The van der Waals surface area contributed by atoms with Gasteiger partial charge in [-0.1, -0.05) is 0 Å². The molecule has 2 N–H and O–H groups in total. The van der Waals surface area contributed by atoms with Gasteiger partial charge in [0.1, 0.15) is 5.82 Å². The van der Waals surface area contributed by atoms with Crippen LogP contribution in [0.25, 0.3) is 0 Å². The Bertz CT molecular complexity index is 376. The van der Waals surface area contributed by atoms with Gasteiger partial charge in [-0.05, 0) is 49.0 Å². The Hall–Kier alpha value is -0.840. The maximum absolute atomic E-state index is 4.45. The molecule has 0 spiro atoms. The number of nitrogens with one attached hydrogen (secondary N) is 2. The van der Waals surface area contributed by atoms with Crippen LogP contribution in [0.4, 0.5) is 11.8 Å². The van der Waals surface area contributed by atoms with Crippen LogP contribution in [0.2, 0.25) is 0 Å². The van der Waals surface area contributed by atoms with E-state index in [-0.39, 0.29) is 5.54 Å². The smallest absolute Gasteiger partial charge is 0.224 e. The molecule has 1 aliphatic rings. The minimum Gasteiger partial charge on any atom is -0.364 e. The number of rotatable bonds is 4. The highest BCUT2D eigenvalue weighted by Gasteiger charge is 2.32. The SMILES string of the molecule is CCNc1ncc(Br)c(NC2(C)CCC2)n1. The summed E-state index contributed by atoms with van der Waals surface area (Å²) in [5, 5.41) is 6.60. The molecule has 0 bridgehead atoms. The van der Waals surface area contributed by atoms with Gasteiger partial charge >= 0.3 is 0 Å². The Labute approximate surface area is 104 Å². The van der Waals surface area contributed by atoms with E-state index in [0.717, 1.165) is 16.8 Å². The predicted octanol–water partition coefficient (Wildman–Crippen LogP) is 3.03. The lowest BCUT2D eigenvalue weighted by Crippen LogP contribution is -2.42. The molecule has 0 aliphatic heterocycles. The highest BCUT2D eigenvalue weighted by Crippen LogP contribution is 2.36. The second-order valence-corrected chi connectivity index (χ2v) is 5.31. The highest BCUT2D eigenvalue weighted by molar-refractivity contribution is 9.10. The van der Waals surface area contributed by atoms with Gasteiger partial charge in [-0.25, -0.2) is 4.98 Å². The van der Waals surface area contributed by atoms with E-state index >= 15 is 0 Å². The molecule has 1 aliphatic carbocycles. The van der Waals surface area contributed by atoms with E-state index in [1.165, 1.54) is 19.3 Å². The first-order valence-electron chi connectivity index (χ1n) is 5.67. The molecular formula is C11H17BrN4. The largest absolute Gasteiger partial charge is 0.364 e. The first kappa shape index (κ1) is 11.6. The number of hydrogen-bond donors (Lipinski definition) is 2. The van der Waals surface area contributed by atoms with Crippen LogP contribution in [0.3, 0.4) is 0 Å². The summed E-state index contributed by atoms with van der Waals surface area (Å²) in [6, 6.07) is 0. The molecule has 0 atom stereocenters. The van der Waals surface area contributed by atoms with Gasteiger partial charge in [-0.3, -0.25) is 0 Å². The molecule has 0 radical (unpaired) electrons. The number of hydrogen-bond acceptors (Lipinski definition) is 4. The predicted molar refractivity (Wildman–Crippen MR) is 69.8 cm³/mol. The van der Waals surface area contributed by atoms with Crippen molar-refractivity contribution in [1.29, 1.82) is 0 Å². The fraction of sp³-hybridized carbons (Fsp3) is 0.636. The average molecular weight is 285 g/mol. The van der Waals surface area contributed by atoms with Crippen LogP contribution in [0.15, 0.2) is 10.7 Å². The van der Waals surface area contributed by atoms with Gasteiger partial charge in [0.05, 0.1) is 4.47 Å². The Balaban J connectivity index is 2.15. The maximum atomic E-state index is 4.45. The summed E-state index contributed by atoms with van der Waals surface area (Å²) >= 11 is 3.47. The normalized spacial score (nSPS) is 17.7. The van der Waals surface area contributed by atoms with Gasteiger partial charge < -0.3 is 10.6 Å². The van der Waals surface area contributed by atoms with Gasteiger partial charge in [0.2, 0.25) is 5.95 Å². The standard InChI is InChI=1S/C11H17BrN4/c1-3-13-10-14-7-8(12)9(15-10)16-11(2)5-4-6-11/h7H,3-6H2,1-2H3,(H2,13,14,15,16). The minimum atomic E-state index is 0.209. The van der Waals surface area contributed by atoms with Crippen molar-refractivity contribution >= 4 is 27.7 Å². The molecule has 1 fully saturated rings. The van der Waals surface area contributed by atoms with E-state index < -0.39 is 0 Å². The molecule has 0 aromatic carbocycles. The Morgan fingerprint density at radius 1 is 1.50 bits per heavy atom. The Kier molecular flexibility index (Phi) is 3.33. The van der Waals surface area contributed by atoms with Crippen molar-refractivity contribution in [2.75, 3.05) is 17.2 Å². The summed E-state index contributed by atoms with van der Waals surface area (Å²) < 4.78 is 0.919. The van der Waals surface area contributed by atoms with E-state index in [1.54, 1.807) is 6.20 Å². The van der Waals surface area contributed by atoms with Crippen LogP contribution < -0.4 is 10.6 Å². The molecule has 16 heavy (non-hydrogen) atoms. The zero-order chi connectivity index (χ0) is 11.6. The van der Waals surface area contributed by atoms with Gasteiger partial charge in [0, 0.05) is 18.3 Å². The molecule has 1 heterocycles.